The lowest BCUT2D eigenvalue weighted by atomic mass is 9.75. The van der Waals surface area contributed by atoms with Crippen molar-refractivity contribution < 1.29 is 64.2 Å². The summed E-state index contributed by atoms with van der Waals surface area (Å²) in [6.07, 6.45) is 15.6. The number of carbonyl (C=O) groups excluding carboxylic acids is 2. The van der Waals surface area contributed by atoms with Crippen LogP contribution < -0.4 is 15.5 Å². The summed E-state index contributed by atoms with van der Waals surface area (Å²) in [4.78, 5) is 39.6. The van der Waals surface area contributed by atoms with Gasteiger partial charge in [0.05, 0.1) is 45.5 Å². The summed E-state index contributed by atoms with van der Waals surface area (Å²) in [7, 11) is -4.32. The van der Waals surface area contributed by atoms with E-state index in [-0.39, 0.29) is 37.5 Å². The number of aliphatic carboxylic acids is 1. The minimum atomic E-state index is -4.50. The summed E-state index contributed by atoms with van der Waals surface area (Å²) in [6.45, 7) is 6.55. The molecule has 2 amide bonds. The number of anilines is 1. The minimum absolute atomic E-state index is 0.0451. The van der Waals surface area contributed by atoms with Crippen LogP contribution in [-0.2, 0) is 50.1 Å². The Kier molecular flexibility index (Phi) is 20.7. The number of methoxy groups -OCH3 is 3. The topological polar surface area (TPSA) is 244 Å². The van der Waals surface area contributed by atoms with Crippen LogP contribution in [0.2, 0.25) is 0 Å². The van der Waals surface area contributed by atoms with Crippen LogP contribution in [0.3, 0.4) is 0 Å². The van der Waals surface area contributed by atoms with E-state index in [4.69, 9.17) is 14.2 Å². The molecule has 0 saturated carbocycles. The van der Waals surface area contributed by atoms with E-state index >= 15 is 0 Å². The van der Waals surface area contributed by atoms with E-state index in [0.29, 0.717) is 82.8 Å². The lowest BCUT2D eigenvalue weighted by Gasteiger charge is -2.30. The van der Waals surface area contributed by atoms with Gasteiger partial charge in [-0.2, -0.15) is 4.58 Å². The Morgan fingerprint density at radius 3 is 1.85 bits per heavy atom. The molecule has 19 heteroatoms. The van der Waals surface area contributed by atoms with Crippen LogP contribution in [-0.4, -0.2) is 138 Å². The molecule has 0 radical (unpaired) electrons. The Hall–Kier alpha value is -5.02. The third-order valence-electron chi connectivity index (χ3n) is 12.1. The molecule has 2 aromatic rings. The van der Waals surface area contributed by atoms with Crippen molar-refractivity contribution in [2.24, 2.45) is 0 Å². The van der Waals surface area contributed by atoms with Crippen molar-refractivity contribution >= 4 is 55.1 Å². The summed E-state index contributed by atoms with van der Waals surface area (Å²) in [5, 5.41) is 14.9. The number of hydrogen-bond acceptors (Lipinski definition) is 13. The van der Waals surface area contributed by atoms with Crippen LogP contribution in [0.5, 0.6) is 0 Å². The predicted molar refractivity (Wildman–Crippen MR) is 254 cm³/mol. The number of fused-ring (bicyclic) bond motifs is 2. The number of carboxylic acid groups (broad SMARTS) is 1. The maximum Gasteiger partial charge on any atom is 0.303 e. The first kappa shape index (κ1) is 54.6. The maximum atomic E-state index is 13.2. The van der Waals surface area contributed by atoms with E-state index in [2.05, 4.69) is 20.1 Å². The summed E-state index contributed by atoms with van der Waals surface area (Å²) >= 11 is 0. The Labute approximate surface area is 395 Å². The van der Waals surface area contributed by atoms with Gasteiger partial charge in [0.25, 0.3) is 11.8 Å². The SMILES string of the molecule is COCCNC(=O)c1ccc2c(c1)C(C)(CCCS(=O)(=O)[O-])C(/C=C/C=C/C=C/C=C1/N(CCOC)c3ccc(C(=O)NCCOC)cc3C1(C)CCCS(=O)(=O)[O-])=[N+]2CCCCCC(=O)O. The number of rotatable bonds is 29. The molecular weight excluding hydrogens is 905 g/mol. The molecule has 0 spiro atoms. The highest BCUT2D eigenvalue weighted by atomic mass is 32.2. The number of ether oxygens (including phenoxy) is 3. The monoisotopic (exact) mass is 969 g/mol. The molecule has 2 unspecified atom stereocenters. The molecule has 2 aliphatic rings. The molecule has 2 aromatic carbocycles. The Balaban J connectivity index is 1.72. The molecule has 2 aliphatic heterocycles. The van der Waals surface area contributed by atoms with Gasteiger partial charge in [0.1, 0.15) is 6.54 Å². The summed E-state index contributed by atoms with van der Waals surface area (Å²) in [5.74, 6) is -2.56. The second-order valence-electron chi connectivity index (χ2n) is 16.9. The molecule has 17 nitrogen and oxygen atoms in total. The number of nitrogens with zero attached hydrogens (tertiary/aromatic N) is 2. The fraction of sp³-hybridized carbons (Fsp3) is 0.500. The summed E-state index contributed by atoms with van der Waals surface area (Å²) in [5.41, 5.74) is 4.09. The van der Waals surface area contributed by atoms with Crippen LogP contribution in [0.1, 0.15) is 97.1 Å². The Morgan fingerprint density at radius 2 is 1.27 bits per heavy atom. The molecule has 368 valence electrons. The van der Waals surface area contributed by atoms with Gasteiger partial charge in [-0.1, -0.05) is 30.4 Å². The quantitative estimate of drug-likeness (QED) is 0.0418. The molecule has 2 heterocycles. The van der Waals surface area contributed by atoms with Crippen LogP contribution in [0, 0.1) is 0 Å². The van der Waals surface area contributed by atoms with E-state index in [0.717, 1.165) is 33.9 Å². The van der Waals surface area contributed by atoms with E-state index < -0.39 is 48.5 Å². The van der Waals surface area contributed by atoms with Crippen LogP contribution in [0.15, 0.2) is 84.6 Å². The zero-order valence-corrected chi connectivity index (χ0v) is 40.7. The van der Waals surface area contributed by atoms with Crippen LogP contribution >= 0.6 is 0 Å². The molecule has 4 rings (SSSR count). The molecule has 0 saturated heterocycles. The molecule has 0 aliphatic carbocycles. The maximum absolute atomic E-state index is 13.2. The lowest BCUT2D eigenvalue weighted by molar-refractivity contribution is -0.438. The minimum Gasteiger partial charge on any atom is -0.748 e. The average Bonchev–Trinajstić information content (AvgIpc) is 3.63. The third kappa shape index (κ3) is 15.5. The van der Waals surface area contributed by atoms with Crippen molar-refractivity contribution in [1.29, 1.82) is 0 Å². The number of hydrogen-bond donors (Lipinski definition) is 3. The molecule has 67 heavy (non-hydrogen) atoms. The highest BCUT2D eigenvalue weighted by Crippen LogP contribution is 2.51. The molecular formula is C48H65N4O13S2-. The standard InChI is InChI=1S/C48H66N4O13S2/c1-47(23-14-32-66(57,58)59)38-34-36(45(55)49-25-29-63-3)19-21-40(38)51(27-13-9-12-18-44(53)54)42(47)16-10-7-6-8-11-17-43-48(2,24-15-33-67(60,61)62)39-35-37(46(56)50-26-30-64-4)20-22-41(39)52(43)28-31-65-5/h6-8,10-11,16-17,19-22,34-35H,9,12-15,18,23-33H2,1-5H3,(H4-,49,50,53,54,55,56,57,58,59,60,61,62)/p-1. The van der Waals surface area contributed by atoms with Crippen molar-refractivity contribution in [3.63, 3.8) is 0 Å². The summed E-state index contributed by atoms with van der Waals surface area (Å²) in [6, 6.07) is 10.8. The highest BCUT2D eigenvalue weighted by molar-refractivity contribution is 7.85. The second-order valence-corrected chi connectivity index (χ2v) is 20.0. The van der Waals surface area contributed by atoms with Gasteiger partial charge in [-0.05, 0) is 94.3 Å². The number of benzene rings is 2. The number of amides is 2. The Morgan fingerprint density at radius 1 is 0.716 bits per heavy atom. The van der Waals surface area contributed by atoms with E-state index in [9.17, 15) is 45.4 Å². The first-order chi connectivity index (χ1) is 31.8. The van der Waals surface area contributed by atoms with Gasteiger partial charge in [0.2, 0.25) is 5.69 Å². The molecule has 3 N–H and O–H groups in total. The predicted octanol–water partition coefficient (Wildman–Crippen LogP) is 5.07. The van der Waals surface area contributed by atoms with Crippen LogP contribution in [0.4, 0.5) is 11.4 Å². The largest absolute Gasteiger partial charge is 0.748 e. The van der Waals surface area contributed by atoms with Gasteiger partial charge in [-0.3, -0.25) is 14.4 Å². The summed E-state index contributed by atoms with van der Waals surface area (Å²) < 4.78 is 88.0. The second kappa shape index (κ2) is 25.4. The van der Waals surface area contributed by atoms with Crippen molar-refractivity contribution in [1.82, 2.24) is 10.6 Å². The average molecular weight is 970 g/mol. The van der Waals surface area contributed by atoms with E-state index in [1.165, 1.54) is 7.11 Å². The zero-order valence-electron chi connectivity index (χ0n) is 39.1. The highest BCUT2D eigenvalue weighted by Gasteiger charge is 2.48. The van der Waals surface area contributed by atoms with Gasteiger partial charge in [-0.25, -0.2) is 16.8 Å². The van der Waals surface area contributed by atoms with Crippen molar-refractivity contribution in [2.75, 3.05) is 83.7 Å². The normalized spacial score (nSPS) is 19.0. The first-order valence-corrected chi connectivity index (χ1v) is 25.5. The Bertz CT molecular complexity index is 2450. The van der Waals surface area contributed by atoms with Gasteiger partial charge in [-0.15, -0.1) is 0 Å². The fourth-order valence-electron chi connectivity index (χ4n) is 8.73. The fourth-order valence-corrected chi connectivity index (χ4v) is 9.73. The molecule has 0 bridgehead atoms. The number of carboxylic acids is 1. The van der Waals surface area contributed by atoms with Gasteiger partial charge in [0.15, 0.2) is 5.71 Å². The van der Waals surface area contributed by atoms with Crippen molar-refractivity contribution in [3.8, 4) is 0 Å². The van der Waals surface area contributed by atoms with Crippen molar-refractivity contribution in [2.45, 2.75) is 76.0 Å². The smallest absolute Gasteiger partial charge is 0.303 e. The third-order valence-corrected chi connectivity index (χ3v) is 13.6. The van der Waals surface area contributed by atoms with Gasteiger partial charge < -0.3 is 44.0 Å². The molecule has 0 aromatic heterocycles. The zero-order chi connectivity index (χ0) is 49.3. The van der Waals surface area contributed by atoms with Crippen LogP contribution in [0.25, 0.3) is 0 Å². The molecule has 2 atom stereocenters. The van der Waals surface area contributed by atoms with Gasteiger partial charge >= 0.3 is 5.97 Å². The van der Waals surface area contributed by atoms with E-state index in [1.807, 2.05) is 74.6 Å². The molecule has 0 fully saturated rings. The number of nitrogens with one attached hydrogen (secondary N) is 2. The number of allylic oxidation sites excluding steroid dienone is 8. The number of unbranched alkanes of at least 4 members (excludes halogenated alkanes) is 2. The van der Waals surface area contributed by atoms with Crippen molar-refractivity contribution in [3.05, 3.63) is 107 Å². The van der Waals surface area contributed by atoms with E-state index in [1.54, 1.807) is 32.4 Å². The van der Waals surface area contributed by atoms with Gasteiger partial charge in [0, 0.05) is 111 Å². The number of carbonyl (C=O) groups is 3. The lowest BCUT2D eigenvalue weighted by Crippen LogP contribution is -2.32. The first-order valence-electron chi connectivity index (χ1n) is 22.4.